The number of hydrogen-bond acceptors (Lipinski definition) is 5. The summed E-state index contributed by atoms with van der Waals surface area (Å²) in [6, 6.07) is 12.1. The summed E-state index contributed by atoms with van der Waals surface area (Å²) in [5, 5.41) is 2.80. The maximum atomic E-state index is 12.5. The minimum absolute atomic E-state index is 0.253. The molecule has 2 aromatic carbocycles. The maximum Gasteiger partial charge on any atom is 0.326 e. The van der Waals surface area contributed by atoms with Crippen LogP contribution in [0.5, 0.6) is 0 Å². The van der Waals surface area contributed by atoms with Gasteiger partial charge in [-0.15, -0.1) is 0 Å². The van der Waals surface area contributed by atoms with Crippen LogP contribution >= 0.6 is 0 Å². The summed E-state index contributed by atoms with van der Waals surface area (Å²) in [7, 11) is 0. The number of imide groups is 1. The molecule has 0 aliphatic carbocycles. The van der Waals surface area contributed by atoms with Crippen LogP contribution in [-0.2, 0) is 20.7 Å². The van der Waals surface area contributed by atoms with Crippen molar-refractivity contribution in [1.82, 2.24) is 4.90 Å². The highest BCUT2D eigenvalue weighted by Gasteiger charge is 2.37. The molecule has 0 bridgehead atoms. The van der Waals surface area contributed by atoms with Gasteiger partial charge >= 0.3 is 5.97 Å². The Balaban J connectivity index is 1.62. The molecular weight excluding hydrogens is 372 g/mol. The summed E-state index contributed by atoms with van der Waals surface area (Å²) < 4.78 is 5.16. The summed E-state index contributed by atoms with van der Waals surface area (Å²) in [5.41, 5.74) is 3.08. The van der Waals surface area contributed by atoms with Gasteiger partial charge in [-0.05, 0) is 43.5 Å². The second kappa shape index (κ2) is 8.26. The fraction of sp³-hybridized carbons (Fsp3) is 0.273. The first-order chi connectivity index (χ1) is 13.8. The van der Waals surface area contributed by atoms with Gasteiger partial charge in [0.25, 0.3) is 17.7 Å². The van der Waals surface area contributed by atoms with E-state index in [9.17, 15) is 19.2 Å². The molecule has 0 saturated carbocycles. The van der Waals surface area contributed by atoms with E-state index in [1.165, 1.54) is 19.1 Å². The zero-order chi connectivity index (χ0) is 21.1. The van der Waals surface area contributed by atoms with E-state index in [4.69, 9.17) is 4.74 Å². The molecule has 0 aromatic heterocycles. The standard InChI is InChI=1S/C22H22N2O5/c1-4-15-9-7-8-13(2)19(15)23-20(26)14(3)29-18(25)12-24-21(27)16-10-5-6-11-17(16)22(24)28/h5-11,14H,4,12H2,1-3H3,(H,23,26)/t14-/m1/s1. The summed E-state index contributed by atoms with van der Waals surface area (Å²) in [4.78, 5) is 50.2. The molecular formula is C22H22N2O5. The fourth-order valence-corrected chi connectivity index (χ4v) is 3.23. The minimum Gasteiger partial charge on any atom is -0.451 e. The van der Waals surface area contributed by atoms with Gasteiger partial charge in [0.2, 0.25) is 0 Å². The van der Waals surface area contributed by atoms with Gasteiger partial charge < -0.3 is 10.1 Å². The average molecular weight is 394 g/mol. The van der Waals surface area contributed by atoms with E-state index in [2.05, 4.69) is 5.32 Å². The van der Waals surface area contributed by atoms with Gasteiger partial charge in [0.1, 0.15) is 6.54 Å². The molecule has 7 nitrogen and oxygen atoms in total. The molecule has 1 N–H and O–H groups in total. The number of carbonyl (C=O) groups is 4. The van der Waals surface area contributed by atoms with Crippen molar-refractivity contribution < 1.29 is 23.9 Å². The summed E-state index contributed by atoms with van der Waals surface area (Å²) in [5.74, 6) is -2.41. The van der Waals surface area contributed by atoms with E-state index in [1.807, 2.05) is 32.0 Å². The Morgan fingerprint density at radius 3 is 2.24 bits per heavy atom. The van der Waals surface area contributed by atoms with E-state index in [1.54, 1.807) is 12.1 Å². The molecule has 1 heterocycles. The van der Waals surface area contributed by atoms with Gasteiger partial charge in [-0.25, -0.2) is 0 Å². The van der Waals surface area contributed by atoms with Crippen LogP contribution < -0.4 is 5.32 Å². The Morgan fingerprint density at radius 1 is 1.03 bits per heavy atom. The normalized spacial score (nSPS) is 13.8. The third kappa shape index (κ3) is 4.03. The van der Waals surface area contributed by atoms with Crippen LogP contribution in [0, 0.1) is 6.92 Å². The number of fused-ring (bicyclic) bond motifs is 1. The Morgan fingerprint density at radius 2 is 1.66 bits per heavy atom. The molecule has 1 atom stereocenters. The van der Waals surface area contributed by atoms with Gasteiger partial charge in [0.05, 0.1) is 11.1 Å². The monoisotopic (exact) mass is 394 g/mol. The molecule has 3 amide bonds. The average Bonchev–Trinajstić information content (AvgIpc) is 2.94. The van der Waals surface area contributed by atoms with Gasteiger partial charge in [-0.3, -0.25) is 24.1 Å². The molecule has 3 rings (SSSR count). The molecule has 2 aromatic rings. The number of aryl methyl sites for hydroxylation is 2. The number of hydrogen-bond donors (Lipinski definition) is 1. The van der Waals surface area contributed by atoms with E-state index in [0.717, 1.165) is 22.4 Å². The SMILES string of the molecule is CCc1cccc(C)c1NC(=O)[C@@H](C)OC(=O)CN1C(=O)c2ccccc2C1=O. The Hall–Kier alpha value is -3.48. The second-order valence-corrected chi connectivity index (χ2v) is 6.83. The van der Waals surface area contributed by atoms with Crippen molar-refractivity contribution in [3.8, 4) is 0 Å². The molecule has 150 valence electrons. The summed E-state index contributed by atoms with van der Waals surface area (Å²) in [6.07, 6.45) is -0.340. The Bertz CT molecular complexity index is 963. The highest BCUT2D eigenvalue weighted by molar-refractivity contribution is 6.22. The van der Waals surface area contributed by atoms with Crippen LogP contribution in [0.4, 0.5) is 5.69 Å². The first kappa shape index (κ1) is 20.3. The van der Waals surface area contributed by atoms with Gasteiger partial charge in [-0.1, -0.05) is 37.3 Å². The van der Waals surface area contributed by atoms with Crippen LogP contribution in [0.1, 0.15) is 45.7 Å². The third-order valence-electron chi connectivity index (χ3n) is 4.83. The molecule has 0 spiro atoms. The number of benzene rings is 2. The largest absolute Gasteiger partial charge is 0.451 e. The number of nitrogens with zero attached hydrogens (tertiary/aromatic N) is 1. The number of carbonyl (C=O) groups excluding carboxylic acids is 4. The quantitative estimate of drug-likeness (QED) is 0.601. The fourth-order valence-electron chi connectivity index (χ4n) is 3.23. The smallest absolute Gasteiger partial charge is 0.326 e. The first-order valence-electron chi connectivity index (χ1n) is 9.37. The topological polar surface area (TPSA) is 92.8 Å². The zero-order valence-electron chi connectivity index (χ0n) is 16.5. The van der Waals surface area contributed by atoms with Crippen molar-refractivity contribution in [2.45, 2.75) is 33.3 Å². The number of ether oxygens (including phenoxy) is 1. The lowest BCUT2D eigenvalue weighted by Gasteiger charge is -2.18. The lowest BCUT2D eigenvalue weighted by Crippen LogP contribution is -2.38. The van der Waals surface area contributed by atoms with E-state index in [0.29, 0.717) is 5.69 Å². The van der Waals surface area contributed by atoms with E-state index in [-0.39, 0.29) is 11.1 Å². The predicted molar refractivity (Wildman–Crippen MR) is 107 cm³/mol. The number of amides is 3. The Kier molecular flexibility index (Phi) is 5.77. The first-order valence-corrected chi connectivity index (χ1v) is 9.37. The molecule has 0 fully saturated rings. The van der Waals surface area contributed by atoms with Gasteiger partial charge in [-0.2, -0.15) is 0 Å². The molecule has 29 heavy (non-hydrogen) atoms. The van der Waals surface area contributed by atoms with Crippen LogP contribution in [-0.4, -0.2) is 41.2 Å². The number of anilines is 1. The number of esters is 1. The minimum atomic E-state index is -1.08. The third-order valence-corrected chi connectivity index (χ3v) is 4.83. The lowest BCUT2D eigenvalue weighted by atomic mass is 10.1. The molecule has 0 saturated heterocycles. The lowest BCUT2D eigenvalue weighted by molar-refractivity contribution is -0.153. The highest BCUT2D eigenvalue weighted by Crippen LogP contribution is 2.23. The number of para-hydroxylation sites is 1. The Labute approximate surface area is 168 Å². The van der Waals surface area contributed by atoms with Crippen LogP contribution in [0.3, 0.4) is 0 Å². The van der Waals surface area contributed by atoms with Crippen molar-refractivity contribution in [2.75, 3.05) is 11.9 Å². The van der Waals surface area contributed by atoms with Gasteiger partial charge in [0.15, 0.2) is 6.10 Å². The van der Waals surface area contributed by atoms with Gasteiger partial charge in [0, 0.05) is 5.69 Å². The van der Waals surface area contributed by atoms with Crippen molar-refractivity contribution in [3.05, 3.63) is 64.7 Å². The van der Waals surface area contributed by atoms with E-state index >= 15 is 0 Å². The second-order valence-electron chi connectivity index (χ2n) is 6.83. The van der Waals surface area contributed by atoms with Crippen LogP contribution in [0.15, 0.2) is 42.5 Å². The molecule has 0 radical (unpaired) electrons. The molecule has 7 heteroatoms. The molecule has 1 aliphatic heterocycles. The van der Waals surface area contributed by atoms with Crippen molar-refractivity contribution in [1.29, 1.82) is 0 Å². The van der Waals surface area contributed by atoms with Crippen molar-refractivity contribution in [3.63, 3.8) is 0 Å². The van der Waals surface area contributed by atoms with Crippen LogP contribution in [0.2, 0.25) is 0 Å². The highest BCUT2D eigenvalue weighted by atomic mass is 16.5. The van der Waals surface area contributed by atoms with Crippen LogP contribution in [0.25, 0.3) is 0 Å². The number of rotatable bonds is 6. The molecule has 1 aliphatic rings. The van der Waals surface area contributed by atoms with Crippen molar-refractivity contribution in [2.24, 2.45) is 0 Å². The predicted octanol–water partition coefficient (Wildman–Crippen LogP) is 2.72. The van der Waals surface area contributed by atoms with E-state index < -0.39 is 36.3 Å². The number of nitrogens with one attached hydrogen (secondary N) is 1. The molecule has 0 unspecified atom stereocenters. The zero-order valence-corrected chi connectivity index (χ0v) is 16.5. The maximum absolute atomic E-state index is 12.5. The van der Waals surface area contributed by atoms with Crippen molar-refractivity contribution >= 4 is 29.4 Å². The summed E-state index contributed by atoms with van der Waals surface area (Å²) >= 11 is 0. The summed E-state index contributed by atoms with van der Waals surface area (Å²) in [6.45, 7) is 4.76.